The Morgan fingerprint density at radius 2 is 1.93 bits per heavy atom. The van der Waals surface area contributed by atoms with Gasteiger partial charge >= 0.3 is 95.1 Å². The van der Waals surface area contributed by atoms with Gasteiger partial charge in [-0.25, -0.2) is 0 Å². The van der Waals surface area contributed by atoms with E-state index >= 15 is 0 Å². The Morgan fingerprint density at radius 3 is 2.57 bits per heavy atom. The van der Waals surface area contributed by atoms with Crippen molar-refractivity contribution in [3.63, 3.8) is 0 Å². The van der Waals surface area contributed by atoms with Crippen LogP contribution in [0.25, 0.3) is 5.57 Å². The van der Waals surface area contributed by atoms with Crippen molar-refractivity contribution < 1.29 is 19.2 Å². The molecule has 1 aliphatic carbocycles. The van der Waals surface area contributed by atoms with Gasteiger partial charge in [0.25, 0.3) is 0 Å². The SMILES string of the molecule is N[C]1([Pd+])CC=CC=C1c1ccccc1. The summed E-state index contributed by atoms with van der Waals surface area (Å²) in [5.41, 5.74) is 8.51. The Morgan fingerprint density at radius 1 is 1.21 bits per heavy atom. The fourth-order valence-electron chi connectivity index (χ4n) is 1.58. The van der Waals surface area contributed by atoms with E-state index in [2.05, 4.69) is 49.6 Å². The molecule has 1 atom stereocenters. The maximum atomic E-state index is 6.17. The molecule has 0 bridgehead atoms. The van der Waals surface area contributed by atoms with Crippen molar-refractivity contribution in [3.05, 3.63) is 54.1 Å². The summed E-state index contributed by atoms with van der Waals surface area (Å²) in [5.74, 6) is 0. The number of rotatable bonds is 1. The topological polar surface area (TPSA) is 26.0 Å². The molecule has 1 aromatic rings. The molecule has 0 saturated heterocycles. The van der Waals surface area contributed by atoms with Gasteiger partial charge in [-0.3, -0.25) is 0 Å². The van der Waals surface area contributed by atoms with Crippen LogP contribution in [0.15, 0.2) is 48.6 Å². The Balaban J connectivity index is 2.43. The van der Waals surface area contributed by atoms with Gasteiger partial charge in [0.1, 0.15) is 0 Å². The third kappa shape index (κ3) is 1.88. The number of allylic oxidation sites excluding steroid dienone is 2. The van der Waals surface area contributed by atoms with Crippen molar-refractivity contribution in [1.29, 1.82) is 0 Å². The third-order valence-electron chi connectivity index (χ3n) is 2.32. The van der Waals surface area contributed by atoms with Crippen LogP contribution in [-0.4, -0.2) is 4.01 Å². The normalized spacial score (nSPS) is 26.1. The van der Waals surface area contributed by atoms with E-state index in [9.17, 15) is 0 Å². The fraction of sp³-hybridized carbons (Fsp3) is 0.167. The molecule has 2 heteroatoms. The van der Waals surface area contributed by atoms with Crippen LogP contribution in [0.4, 0.5) is 0 Å². The van der Waals surface area contributed by atoms with E-state index in [-0.39, 0.29) is 4.01 Å². The molecule has 1 aromatic carbocycles. The van der Waals surface area contributed by atoms with Crippen molar-refractivity contribution in [2.24, 2.45) is 5.73 Å². The fourth-order valence-corrected chi connectivity index (χ4v) is 2.12. The number of benzene rings is 1. The average Bonchev–Trinajstić information content (AvgIpc) is 2.18. The van der Waals surface area contributed by atoms with E-state index in [1.165, 1.54) is 5.56 Å². The van der Waals surface area contributed by atoms with Crippen molar-refractivity contribution in [3.8, 4) is 0 Å². The summed E-state index contributed by atoms with van der Waals surface area (Å²) in [6.45, 7) is 0. The monoisotopic (exact) mass is 276 g/mol. The zero-order chi connectivity index (χ0) is 10.0. The summed E-state index contributed by atoms with van der Waals surface area (Å²) in [4.78, 5) is 0. The third-order valence-corrected chi connectivity index (χ3v) is 3.05. The van der Waals surface area contributed by atoms with Gasteiger partial charge in [0.2, 0.25) is 0 Å². The second-order valence-electron chi connectivity index (χ2n) is 3.39. The molecule has 1 unspecified atom stereocenters. The Bertz CT molecular complexity index is 377. The molecule has 0 heterocycles. The van der Waals surface area contributed by atoms with Crippen molar-refractivity contribution in [2.75, 3.05) is 0 Å². The summed E-state index contributed by atoms with van der Waals surface area (Å²) >= 11 is 3.26. The molecule has 2 rings (SSSR count). The minimum atomic E-state index is -0.376. The summed E-state index contributed by atoms with van der Waals surface area (Å²) < 4.78 is -0.376. The van der Waals surface area contributed by atoms with E-state index < -0.39 is 0 Å². The van der Waals surface area contributed by atoms with Gasteiger partial charge in [-0.05, 0) is 0 Å². The first-order chi connectivity index (χ1) is 6.70. The average molecular weight is 277 g/mol. The molecule has 1 aliphatic rings. The van der Waals surface area contributed by atoms with Crippen molar-refractivity contribution >= 4 is 5.57 Å². The summed E-state index contributed by atoms with van der Waals surface area (Å²) in [6.07, 6.45) is 7.05. The van der Waals surface area contributed by atoms with Crippen LogP contribution >= 0.6 is 0 Å². The Labute approximate surface area is 95.1 Å². The minimum absolute atomic E-state index is 0.376. The summed E-state index contributed by atoms with van der Waals surface area (Å²) in [5, 5.41) is 0. The van der Waals surface area contributed by atoms with Crippen LogP contribution in [0, 0.1) is 0 Å². The van der Waals surface area contributed by atoms with Gasteiger partial charge in [0.05, 0.1) is 0 Å². The molecule has 1 nitrogen and oxygen atoms in total. The Kier molecular flexibility index (Phi) is 2.69. The first-order valence-corrected chi connectivity index (χ1v) is 5.35. The molecule has 0 amide bonds. The summed E-state index contributed by atoms with van der Waals surface area (Å²) in [6, 6.07) is 10.2. The van der Waals surface area contributed by atoms with Crippen molar-refractivity contribution in [2.45, 2.75) is 10.4 Å². The first-order valence-electron chi connectivity index (χ1n) is 4.57. The maximum absolute atomic E-state index is 6.17. The molecule has 0 fully saturated rings. The van der Waals surface area contributed by atoms with E-state index in [1.54, 1.807) is 0 Å². The second-order valence-corrected chi connectivity index (χ2v) is 4.77. The number of hydrogen-bond donors (Lipinski definition) is 1. The van der Waals surface area contributed by atoms with Crippen LogP contribution in [0.3, 0.4) is 0 Å². The van der Waals surface area contributed by atoms with Gasteiger partial charge in [-0.1, -0.05) is 0 Å². The quantitative estimate of drug-likeness (QED) is 0.782. The first kappa shape index (κ1) is 9.86. The molecular formula is C12H12NPd+. The van der Waals surface area contributed by atoms with Gasteiger partial charge in [0, 0.05) is 0 Å². The van der Waals surface area contributed by atoms with E-state index in [0.29, 0.717) is 0 Å². The molecule has 0 radical (unpaired) electrons. The van der Waals surface area contributed by atoms with Crippen molar-refractivity contribution in [1.82, 2.24) is 0 Å². The number of nitrogens with two attached hydrogens (primary N) is 1. The van der Waals surface area contributed by atoms with Gasteiger partial charge < -0.3 is 0 Å². The predicted octanol–water partition coefficient (Wildman–Crippen LogP) is 2.23. The van der Waals surface area contributed by atoms with E-state index in [0.717, 1.165) is 12.0 Å². The molecule has 14 heavy (non-hydrogen) atoms. The van der Waals surface area contributed by atoms with Crippen LogP contribution < -0.4 is 5.73 Å². The van der Waals surface area contributed by atoms with Crippen LogP contribution in [0.2, 0.25) is 0 Å². The molecule has 0 saturated carbocycles. The zero-order valence-corrected chi connectivity index (χ0v) is 9.27. The van der Waals surface area contributed by atoms with Crippen LogP contribution in [0.5, 0.6) is 0 Å². The second kappa shape index (κ2) is 3.82. The standard InChI is InChI=1S/C12H12N.Pd/c13-12-9-5-4-8-11(12)10-6-2-1-3-7-10;/h1-8H,9,13H2;/q;+1. The molecule has 0 aliphatic heterocycles. The molecule has 0 aromatic heterocycles. The van der Waals surface area contributed by atoms with Gasteiger partial charge in [-0.2, -0.15) is 0 Å². The molecule has 2 N–H and O–H groups in total. The van der Waals surface area contributed by atoms with E-state index in [4.69, 9.17) is 5.73 Å². The molecular weight excluding hydrogens is 265 g/mol. The van der Waals surface area contributed by atoms with E-state index in [1.807, 2.05) is 18.2 Å². The molecule has 0 spiro atoms. The van der Waals surface area contributed by atoms with Crippen LogP contribution in [-0.2, 0) is 19.2 Å². The van der Waals surface area contributed by atoms with Crippen LogP contribution in [0.1, 0.15) is 12.0 Å². The van der Waals surface area contributed by atoms with Gasteiger partial charge in [0.15, 0.2) is 0 Å². The summed E-state index contributed by atoms with van der Waals surface area (Å²) in [7, 11) is 0. The molecule has 74 valence electrons. The van der Waals surface area contributed by atoms with Gasteiger partial charge in [-0.15, -0.1) is 0 Å². The number of hydrogen-bond acceptors (Lipinski definition) is 1. The predicted molar refractivity (Wildman–Crippen MR) is 55.1 cm³/mol. The zero-order valence-electron chi connectivity index (χ0n) is 7.72. The Hall–Kier alpha value is -0.678.